The van der Waals surface area contributed by atoms with E-state index in [1.54, 1.807) is 12.1 Å². The third-order valence-corrected chi connectivity index (χ3v) is 4.60. The molecule has 4 nitrogen and oxygen atoms in total. The summed E-state index contributed by atoms with van der Waals surface area (Å²) in [5, 5.41) is 18.3. The minimum absolute atomic E-state index is 0.352. The highest BCUT2D eigenvalue weighted by Crippen LogP contribution is 2.23. The molecule has 24 heavy (non-hydrogen) atoms. The minimum Gasteiger partial charge on any atom is -0.478 e. The Kier molecular flexibility index (Phi) is 4.93. The number of carboxylic acid groups (broad SMARTS) is 1. The van der Waals surface area contributed by atoms with Gasteiger partial charge in [0.05, 0.1) is 17.2 Å². The van der Waals surface area contributed by atoms with Crippen molar-refractivity contribution < 1.29 is 9.90 Å². The minimum atomic E-state index is -0.877. The first-order chi connectivity index (χ1) is 11.7. The predicted octanol–water partition coefficient (Wildman–Crippen LogP) is 3.32. The first-order valence-electron chi connectivity index (χ1n) is 8.18. The van der Waals surface area contributed by atoms with Gasteiger partial charge in [-0.2, -0.15) is 5.26 Å². The normalized spacial score (nSPS) is 17.5. The Morgan fingerprint density at radius 1 is 1.25 bits per heavy atom. The third kappa shape index (κ3) is 3.81. The van der Waals surface area contributed by atoms with Crippen molar-refractivity contribution >= 4 is 5.97 Å². The fraction of sp³-hybridized carbons (Fsp3) is 0.300. The summed E-state index contributed by atoms with van der Waals surface area (Å²) >= 11 is 0. The van der Waals surface area contributed by atoms with E-state index in [-0.39, 0.29) is 0 Å². The van der Waals surface area contributed by atoms with E-state index in [4.69, 9.17) is 5.11 Å². The predicted molar refractivity (Wildman–Crippen MR) is 91.6 cm³/mol. The van der Waals surface area contributed by atoms with Crippen LogP contribution in [0.3, 0.4) is 0 Å². The van der Waals surface area contributed by atoms with Gasteiger partial charge in [0.15, 0.2) is 0 Å². The van der Waals surface area contributed by atoms with Crippen LogP contribution >= 0.6 is 0 Å². The molecule has 4 heteroatoms. The van der Waals surface area contributed by atoms with Crippen LogP contribution in [0.4, 0.5) is 0 Å². The monoisotopic (exact) mass is 320 g/mol. The molecule has 1 aliphatic rings. The Balaban J connectivity index is 1.61. The Morgan fingerprint density at radius 3 is 2.88 bits per heavy atom. The van der Waals surface area contributed by atoms with Crippen molar-refractivity contribution in [3.63, 3.8) is 0 Å². The molecule has 1 saturated heterocycles. The first-order valence-corrected chi connectivity index (χ1v) is 8.18. The second kappa shape index (κ2) is 7.29. The van der Waals surface area contributed by atoms with Crippen LogP contribution in [0.1, 0.15) is 33.5 Å². The molecule has 0 aromatic heterocycles. The summed E-state index contributed by atoms with van der Waals surface area (Å²) in [6.45, 7) is 2.80. The van der Waals surface area contributed by atoms with Gasteiger partial charge in [0.25, 0.3) is 0 Å². The molecule has 1 fully saturated rings. The van der Waals surface area contributed by atoms with E-state index in [1.165, 1.54) is 0 Å². The highest BCUT2D eigenvalue weighted by Gasteiger charge is 2.23. The van der Waals surface area contributed by atoms with Crippen molar-refractivity contribution in [3.05, 3.63) is 70.8 Å². The van der Waals surface area contributed by atoms with E-state index in [1.807, 2.05) is 36.4 Å². The van der Waals surface area contributed by atoms with Crippen LogP contribution in [0.15, 0.2) is 48.5 Å². The van der Waals surface area contributed by atoms with Crippen molar-refractivity contribution in [2.24, 2.45) is 5.92 Å². The van der Waals surface area contributed by atoms with E-state index >= 15 is 0 Å². The van der Waals surface area contributed by atoms with Crippen LogP contribution in [-0.4, -0.2) is 29.1 Å². The molecular formula is C20H20N2O2. The van der Waals surface area contributed by atoms with Gasteiger partial charge in [-0.15, -0.1) is 0 Å². The van der Waals surface area contributed by atoms with Gasteiger partial charge < -0.3 is 5.11 Å². The Labute approximate surface area is 142 Å². The maximum atomic E-state index is 11.1. The van der Waals surface area contributed by atoms with Crippen LogP contribution in [0.2, 0.25) is 0 Å². The average Bonchev–Trinajstić information content (AvgIpc) is 3.02. The number of nitrogens with zero attached hydrogens (tertiary/aromatic N) is 2. The summed E-state index contributed by atoms with van der Waals surface area (Å²) in [5.74, 6) is -0.346. The van der Waals surface area contributed by atoms with Crippen molar-refractivity contribution in [1.82, 2.24) is 4.90 Å². The summed E-state index contributed by atoms with van der Waals surface area (Å²) in [6, 6.07) is 17.2. The molecule has 1 heterocycles. The summed E-state index contributed by atoms with van der Waals surface area (Å²) in [6.07, 6.45) is 2.00. The molecule has 0 bridgehead atoms. The molecule has 1 N–H and O–H groups in total. The van der Waals surface area contributed by atoms with Gasteiger partial charge in [0.1, 0.15) is 0 Å². The third-order valence-electron chi connectivity index (χ3n) is 4.60. The van der Waals surface area contributed by atoms with Crippen LogP contribution < -0.4 is 0 Å². The van der Waals surface area contributed by atoms with E-state index in [9.17, 15) is 10.1 Å². The summed E-state index contributed by atoms with van der Waals surface area (Å²) in [4.78, 5) is 13.4. The van der Waals surface area contributed by atoms with Gasteiger partial charge in [-0.05, 0) is 54.6 Å². The van der Waals surface area contributed by atoms with Crippen LogP contribution in [0, 0.1) is 17.2 Å². The lowest BCUT2D eigenvalue weighted by Crippen LogP contribution is -2.21. The number of hydrogen-bond donors (Lipinski definition) is 1. The number of benzene rings is 2. The topological polar surface area (TPSA) is 64.3 Å². The zero-order chi connectivity index (χ0) is 16.9. The standard InChI is InChI=1S/C20H20N2O2/c21-12-18-5-1-2-6-19(18)14-22-9-8-16(13-22)10-15-4-3-7-17(11-15)20(23)24/h1-7,11,16H,8-10,13-14H2,(H,23,24)/t16-/m0/s1. The van der Waals surface area contributed by atoms with Gasteiger partial charge in [-0.25, -0.2) is 4.79 Å². The van der Waals surface area contributed by atoms with Crippen LogP contribution in [0.25, 0.3) is 0 Å². The van der Waals surface area contributed by atoms with Crippen LogP contribution in [0.5, 0.6) is 0 Å². The summed E-state index contributed by atoms with van der Waals surface area (Å²) in [7, 11) is 0. The number of aromatic carboxylic acids is 1. The molecule has 0 radical (unpaired) electrons. The average molecular weight is 320 g/mol. The van der Waals surface area contributed by atoms with Gasteiger partial charge >= 0.3 is 5.97 Å². The van der Waals surface area contributed by atoms with Crippen molar-refractivity contribution in [2.45, 2.75) is 19.4 Å². The molecule has 0 unspecified atom stereocenters. The molecule has 0 aliphatic carbocycles. The summed E-state index contributed by atoms with van der Waals surface area (Å²) < 4.78 is 0. The van der Waals surface area contributed by atoms with E-state index in [0.717, 1.165) is 49.2 Å². The fourth-order valence-corrected chi connectivity index (χ4v) is 3.40. The zero-order valence-corrected chi connectivity index (χ0v) is 13.5. The molecule has 0 amide bonds. The highest BCUT2D eigenvalue weighted by molar-refractivity contribution is 5.87. The number of likely N-dealkylation sites (tertiary alicyclic amines) is 1. The lowest BCUT2D eigenvalue weighted by Gasteiger charge is -2.17. The van der Waals surface area contributed by atoms with Gasteiger partial charge in [-0.3, -0.25) is 4.90 Å². The first kappa shape index (κ1) is 16.2. The molecule has 2 aromatic rings. The SMILES string of the molecule is N#Cc1ccccc1CN1CC[C@@H](Cc2cccc(C(=O)O)c2)C1. The smallest absolute Gasteiger partial charge is 0.335 e. The van der Waals surface area contributed by atoms with Crippen molar-refractivity contribution in [2.75, 3.05) is 13.1 Å². The maximum absolute atomic E-state index is 11.1. The zero-order valence-electron chi connectivity index (χ0n) is 13.5. The van der Waals surface area contributed by atoms with Gasteiger partial charge in [0.2, 0.25) is 0 Å². The van der Waals surface area contributed by atoms with Gasteiger partial charge in [-0.1, -0.05) is 30.3 Å². The second-order valence-electron chi connectivity index (χ2n) is 6.37. The fourth-order valence-electron chi connectivity index (χ4n) is 3.40. The molecule has 0 spiro atoms. The van der Waals surface area contributed by atoms with E-state index in [2.05, 4.69) is 11.0 Å². The molecule has 1 atom stereocenters. The van der Waals surface area contributed by atoms with Crippen LogP contribution in [-0.2, 0) is 13.0 Å². The largest absolute Gasteiger partial charge is 0.478 e. The number of rotatable bonds is 5. The number of hydrogen-bond acceptors (Lipinski definition) is 3. The number of carboxylic acids is 1. The lowest BCUT2D eigenvalue weighted by atomic mass is 9.97. The maximum Gasteiger partial charge on any atom is 0.335 e. The quantitative estimate of drug-likeness (QED) is 0.918. The Morgan fingerprint density at radius 2 is 2.08 bits per heavy atom. The second-order valence-corrected chi connectivity index (χ2v) is 6.37. The van der Waals surface area contributed by atoms with E-state index < -0.39 is 5.97 Å². The van der Waals surface area contributed by atoms with Gasteiger partial charge in [0, 0.05) is 13.1 Å². The number of carbonyl (C=O) groups is 1. The highest BCUT2D eigenvalue weighted by atomic mass is 16.4. The number of nitriles is 1. The molecule has 3 rings (SSSR count). The molecule has 122 valence electrons. The van der Waals surface area contributed by atoms with Crippen molar-refractivity contribution in [1.29, 1.82) is 5.26 Å². The Bertz CT molecular complexity index is 779. The molecule has 1 aliphatic heterocycles. The lowest BCUT2D eigenvalue weighted by molar-refractivity contribution is 0.0696. The molecule has 0 saturated carbocycles. The summed E-state index contributed by atoms with van der Waals surface area (Å²) in [5.41, 5.74) is 3.26. The molecular weight excluding hydrogens is 300 g/mol. The Hall–Kier alpha value is -2.64. The molecule has 2 aromatic carbocycles. The van der Waals surface area contributed by atoms with Crippen molar-refractivity contribution in [3.8, 4) is 6.07 Å². The van der Waals surface area contributed by atoms with E-state index in [0.29, 0.717) is 11.5 Å².